The highest BCUT2D eigenvalue weighted by molar-refractivity contribution is 7.00. The smallest absolute Gasteiger partial charge is 0.252 e. The first kappa shape index (κ1) is 60.0. The van der Waals surface area contributed by atoms with E-state index in [4.69, 9.17) is 11.6 Å². The van der Waals surface area contributed by atoms with Gasteiger partial charge in [0.25, 0.3) is 6.71 Å². The molecule has 9 aromatic carbocycles. The summed E-state index contributed by atoms with van der Waals surface area (Å²) >= 11 is 7.36. The summed E-state index contributed by atoms with van der Waals surface area (Å²) in [6.45, 7) is 48.7. The first-order valence-corrected chi connectivity index (χ1v) is 32.2. The van der Waals surface area contributed by atoms with Crippen LogP contribution in [0.3, 0.4) is 0 Å². The average Bonchev–Trinajstić information content (AvgIpc) is 0.757. The van der Waals surface area contributed by atoms with Gasteiger partial charge in [0, 0.05) is 55.4 Å². The SMILES string of the molecule is CC(C)(C)c1ccc(-c2cc(C(C)(C)C)ccc2N2c3cc(Cl)ccc3B3c4ccc(-n5c6ccc(C(C)(C)C)cc6c6cc(C(C)(C)C)ccc65)cc4N(c4ccc(C(C)(C)C)cc4-c4ccc(C(C)(C)C)cc4)c4cc(C(C)(C)C)cc2c43)cc1. The topological polar surface area (TPSA) is 11.4 Å². The summed E-state index contributed by atoms with van der Waals surface area (Å²) in [5.41, 5.74) is 27.6. The van der Waals surface area contributed by atoms with Crippen LogP contribution in [0.2, 0.25) is 5.02 Å². The Bertz CT molecular complexity index is 4300. The van der Waals surface area contributed by atoms with E-state index in [-0.39, 0.29) is 44.6 Å². The van der Waals surface area contributed by atoms with Gasteiger partial charge in [-0.25, -0.2) is 0 Å². The fraction of sp³-hybridized carbons (Fsp3) is 0.341. The van der Waals surface area contributed by atoms with Crippen LogP contribution < -0.4 is 26.2 Å². The minimum atomic E-state index is -0.237. The summed E-state index contributed by atoms with van der Waals surface area (Å²) in [6.07, 6.45) is 0. The van der Waals surface area contributed by atoms with E-state index in [1.54, 1.807) is 0 Å². The van der Waals surface area contributed by atoms with Gasteiger partial charge in [-0.15, -0.1) is 0 Å². The summed E-state index contributed by atoms with van der Waals surface area (Å²) in [5.74, 6) is 0. The lowest BCUT2D eigenvalue weighted by molar-refractivity contribution is 0.589. The molecule has 5 heteroatoms. The van der Waals surface area contributed by atoms with Gasteiger partial charge in [0.05, 0.1) is 22.4 Å². The molecule has 0 fully saturated rings. The summed E-state index contributed by atoms with van der Waals surface area (Å²) in [7, 11) is 0. The number of aromatic nitrogens is 1. The van der Waals surface area contributed by atoms with Crippen molar-refractivity contribution in [1.29, 1.82) is 0 Å². The van der Waals surface area contributed by atoms with Crippen LogP contribution >= 0.6 is 11.6 Å². The third kappa shape index (κ3) is 10.6. The maximum Gasteiger partial charge on any atom is 0.252 e. The standard InChI is InChI=1S/C82H91BClN3/c1-76(2,3)52-26-22-50(23-27-52)61-42-54(78(7,8)9)30-38-67(61)86-71-48-59(84)34-36-65(71)83-66-37-35-60(85-69-40-32-56(80(13,14)15)44-63(69)64-45-57(81(16,17)18)33-41-70(64)85)49-72(66)87(74-47-58(82(19,20)21)46-73(86)75(74)83)68-39-31-55(79(10,11)12)43-62(68)51-24-28-53(29-25-51)77(4,5)6/h22-49H,1-21H3. The molecular weight excluding hydrogens is 1070 g/mol. The van der Waals surface area contributed by atoms with Crippen molar-refractivity contribution in [3.05, 3.63) is 214 Å². The molecule has 1 aromatic heterocycles. The average molecular weight is 1160 g/mol. The largest absolute Gasteiger partial charge is 0.311 e. The highest BCUT2D eigenvalue weighted by atomic mass is 35.5. The van der Waals surface area contributed by atoms with Crippen LogP contribution in [0.1, 0.15) is 184 Å². The summed E-state index contributed by atoms with van der Waals surface area (Å²) in [6, 6.07) is 66.8. The highest BCUT2D eigenvalue weighted by Gasteiger charge is 2.45. The van der Waals surface area contributed by atoms with Crippen molar-refractivity contribution in [1.82, 2.24) is 4.57 Å². The predicted octanol–water partition coefficient (Wildman–Crippen LogP) is 21.9. The molecule has 0 N–H and O–H groups in total. The van der Waals surface area contributed by atoms with Crippen molar-refractivity contribution in [2.24, 2.45) is 0 Å². The van der Waals surface area contributed by atoms with Crippen molar-refractivity contribution in [2.75, 3.05) is 9.80 Å². The van der Waals surface area contributed by atoms with Crippen LogP contribution in [0, 0.1) is 0 Å². The Labute approximate surface area is 526 Å². The quantitative estimate of drug-likeness (QED) is 0.159. The fourth-order valence-corrected chi connectivity index (χ4v) is 13.6. The monoisotopic (exact) mass is 1160 g/mol. The van der Waals surface area contributed by atoms with E-state index in [1.165, 1.54) is 111 Å². The van der Waals surface area contributed by atoms with Gasteiger partial charge >= 0.3 is 0 Å². The number of benzene rings is 9. The molecule has 3 heterocycles. The van der Waals surface area contributed by atoms with Crippen LogP contribution in [0.15, 0.2) is 170 Å². The van der Waals surface area contributed by atoms with Gasteiger partial charge in [0.2, 0.25) is 0 Å². The summed E-state index contributed by atoms with van der Waals surface area (Å²) in [5, 5.41) is 3.27. The van der Waals surface area contributed by atoms with Crippen molar-refractivity contribution < 1.29 is 0 Å². The molecule has 0 amide bonds. The Balaban J connectivity index is 1.21. The lowest BCUT2D eigenvalue weighted by atomic mass is 9.33. The molecule has 444 valence electrons. The number of hydrogen-bond donors (Lipinski definition) is 0. The minimum absolute atomic E-state index is 0.00291. The second kappa shape index (κ2) is 20.4. The van der Waals surface area contributed by atoms with Gasteiger partial charge in [0.15, 0.2) is 0 Å². The number of hydrogen-bond acceptors (Lipinski definition) is 2. The maximum atomic E-state index is 7.36. The fourth-order valence-electron chi connectivity index (χ4n) is 13.4. The van der Waals surface area contributed by atoms with E-state index in [1.807, 2.05) is 0 Å². The van der Waals surface area contributed by atoms with Crippen molar-refractivity contribution in [3.63, 3.8) is 0 Å². The molecule has 2 aliphatic heterocycles. The zero-order valence-electron chi connectivity index (χ0n) is 56.0. The molecule has 3 nitrogen and oxygen atoms in total. The Morgan fingerprint density at radius 1 is 0.287 bits per heavy atom. The molecule has 10 aromatic rings. The predicted molar refractivity (Wildman–Crippen MR) is 382 cm³/mol. The number of rotatable bonds is 5. The van der Waals surface area contributed by atoms with Crippen molar-refractivity contribution in [2.45, 2.75) is 183 Å². The van der Waals surface area contributed by atoms with E-state index in [0.717, 1.165) is 28.4 Å². The molecule has 2 aliphatic rings. The number of anilines is 6. The van der Waals surface area contributed by atoms with E-state index in [2.05, 4.69) is 330 Å². The molecule has 0 saturated carbocycles. The molecule has 12 rings (SSSR count). The van der Waals surface area contributed by atoms with Crippen molar-refractivity contribution >= 4 is 90.6 Å². The molecule has 0 aliphatic carbocycles. The normalized spacial score (nSPS) is 14.0. The molecule has 0 spiro atoms. The summed E-state index contributed by atoms with van der Waals surface area (Å²) in [4.78, 5) is 5.24. The van der Waals surface area contributed by atoms with Crippen LogP contribution in [0.25, 0.3) is 49.7 Å². The molecule has 0 bridgehead atoms. The van der Waals surface area contributed by atoms with E-state index in [0.29, 0.717) is 5.02 Å². The molecule has 0 saturated heterocycles. The molecule has 0 radical (unpaired) electrons. The molecule has 0 atom stereocenters. The Hall–Kier alpha value is -7.27. The number of fused-ring (bicyclic) bond motifs is 7. The number of halogens is 1. The molecule has 87 heavy (non-hydrogen) atoms. The van der Waals surface area contributed by atoms with Gasteiger partial charge < -0.3 is 14.4 Å². The van der Waals surface area contributed by atoms with Gasteiger partial charge in [-0.3, -0.25) is 0 Å². The first-order valence-electron chi connectivity index (χ1n) is 31.8. The first-order chi connectivity index (χ1) is 40.5. The Morgan fingerprint density at radius 3 is 1.02 bits per heavy atom. The Kier molecular flexibility index (Phi) is 14.1. The third-order valence-corrected chi connectivity index (χ3v) is 19.2. The van der Waals surface area contributed by atoms with Gasteiger partial charge in [-0.1, -0.05) is 242 Å². The number of nitrogens with zero attached hydrogens (tertiary/aromatic N) is 3. The lowest BCUT2D eigenvalue weighted by Gasteiger charge is -2.46. The van der Waals surface area contributed by atoms with Crippen LogP contribution in [-0.4, -0.2) is 11.3 Å². The van der Waals surface area contributed by atoms with Gasteiger partial charge in [0.1, 0.15) is 0 Å². The zero-order chi connectivity index (χ0) is 62.6. The third-order valence-electron chi connectivity index (χ3n) is 19.0. The van der Waals surface area contributed by atoms with Crippen LogP contribution in [0.5, 0.6) is 0 Å². The van der Waals surface area contributed by atoms with E-state index < -0.39 is 0 Å². The van der Waals surface area contributed by atoms with E-state index >= 15 is 0 Å². The summed E-state index contributed by atoms with van der Waals surface area (Å²) < 4.78 is 2.54. The van der Waals surface area contributed by atoms with Crippen molar-refractivity contribution in [3.8, 4) is 27.9 Å². The van der Waals surface area contributed by atoms with Gasteiger partial charge in [-0.05, 0) is 189 Å². The highest BCUT2D eigenvalue weighted by Crippen LogP contribution is 2.52. The lowest BCUT2D eigenvalue weighted by Crippen LogP contribution is -2.61. The van der Waals surface area contributed by atoms with Crippen LogP contribution in [-0.2, 0) is 37.9 Å². The minimum Gasteiger partial charge on any atom is -0.311 e. The zero-order valence-corrected chi connectivity index (χ0v) is 56.7. The van der Waals surface area contributed by atoms with E-state index in [9.17, 15) is 0 Å². The maximum absolute atomic E-state index is 7.36. The second-order valence-electron chi connectivity index (χ2n) is 32.6. The van der Waals surface area contributed by atoms with Gasteiger partial charge in [-0.2, -0.15) is 0 Å². The second-order valence-corrected chi connectivity index (χ2v) is 33.1. The van der Waals surface area contributed by atoms with Crippen LogP contribution in [0.4, 0.5) is 34.1 Å². The molecular formula is C82H91BClN3. The Morgan fingerprint density at radius 2 is 0.632 bits per heavy atom. The molecule has 0 unspecified atom stereocenters.